The van der Waals surface area contributed by atoms with Gasteiger partial charge in [0.15, 0.2) is 0 Å². The van der Waals surface area contributed by atoms with E-state index in [1.54, 1.807) is 0 Å². The maximum Gasteiger partial charge on any atom is 0.240 e. The molecule has 0 aromatic rings. The number of carbonyl (C=O) groups excluding carboxylic acids is 1. The lowest BCUT2D eigenvalue weighted by atomic mass is 9.85. The number of carbonyl (C=O) groups is 1. The van der Waals surface area contributed by atoms with Gasteiger partial charge >= 0.3 is 0 Å². The highest BCUT2D eigenvalue weighted by molar-refractivity contribution is 5.86. The van der Waals surface area contributed by atoms with Gasteiger partial charge in [0.1, 0.15) is 0 Å². The summed E-state index contributed by atoms with van der Waals surface area (Å²) in [5, 5.41) is 16.4. The number of aliphatic hydroxyl groups excluding tert-OH is 1. The summed E-state index contributed by atoms with van der Waals surface area (Å²) in [5.41, 5.74) is -0.440. The minimum absolute atomic E-state index is 0. The van der Waals surface area contributed by atoms with Crippen LogP contribution < -0.4 is 10.6 Å². The lowest BCUT2D eigenvalue weighted by Gasteiger charge is -2.34. The van der Waals surface area contributed by atoms with E-state index in [0.29, 0.717) is 12.5 Å². The van der Waals surface area contributed by atoms with Crippen LogP contribution >= 0.6 is 12.4 Å². The molecule has 1 aliphatic carbocycles. The highest BCUT2D eigenvalue weighted by Gasteiger charge is 2.34. The van der Waals surface area contributed by atoms with Gasteiger partial charge in [-0.25, -0.2) is 0 Å². The van der Waals surface area contributed by atoms with Gasteiger partial charge in [-0.2, -0.15) is 0 Å². The molecule has 4 nitrogen and oxygen atoms in total. The van der Waals surface area contributed by atoms with Crippen molar-refractivity contribution in [1.29, 1.82) is 0 Å². The molecule has 3 N–H and O–H groups in total. The van der Waals surface area contributed by atoms with Crippen molar-refractivity contribution < 1.29 is 9.90 Å². The van der Waals surface area contributed by atoms with E-state index in [0.717, 1.165) is 38.6 Å². The zero-order chi connectivity index (χ0) is 13.7. The molecule has 0 bridgehead atoms. The summed E-state index contributed by atoms with van der Waals surface area (Å²) in [6.45, 7) is 3.28. The van der Waals surface area contributed by atoms with E-state index >= 15 is 0 Å². The molecule has 2 atom stereocenters. The van der Waals surface area contributed by atoms with Crippen molar-refractivity contribution in [3.05, 3.63) is 0 Å². The molecule has 2 aliphatic rings. The first-order chi connectivity index (χ1) is 9.12. The minimum atomic E-state index is -0.440. The molecule has 1 heterocycles. The predicted molar refractivity (Wildman–Crippen MR) is 83.1 cm³/mol. The van der Waals surface area contributed by atoms with Crippen LogP contribution in [0.25, 0.3) is 0 Å². The van der Waals surface area contributed by atoms with Crippen LogP contribution in [0.2, 0.25) is 0 Å². The van der Waals surface area contributed by atoms with Gasteiger partial charge in [-0.05, 0) is 51.5 Å². The predicted octanol–water partition coefficient (Wildman–Crippen LogP) is 2.00. The van der Waals surface area contributed by atoms with Gasteiger partial charge in [-0.1, -0.05) is 19.3 Å². The van der Waals surface area contributed by atoms with E-state index in [-0.39, 0.29) is 24.4 Å². The van der Waals surface area contributed by atoms with Crippen molar-refractivity contribution in [2.45, 2.75) is 69.9 Å². The van der Waals surface area contributed by atoms with Gasteiger partial charge in [0.2, 0.25) is 5.91 Å². The lowest BCUT2D eigenvalue weighted by Crippen LogP contribution is -2.58. The highest BCUT2D eigenvalue weighted by atomic mass is 35.5. The van der Waals surface area contributed by atoms with E-state index in [1.165, 1.54) is 19.3 Å². The maximum atomic E-state index is 12.2. The molecule has 1 amide bonds. The van der Waals surface area contributed by atoms with E-state index in [9.17, 15) is 9.90 Å². The second-order valence-electron chi connectivity index (χ2n) is 6.39. The number of nitrogens with one attached hydrogen (secondary N) is 2. The number of amides is 1. The molecule has 2 rings (SSSR count). The number of piperidine rings is 1. The van der Waals surface area contributed by atoms with Gasteiger partial charge in [-0.3, -0.25) is 4.79 Å². The number of halogens is 1. The molecular weight excluding hydrogens is 276 g/mol. The Kier molecular flexibility index (Phi) is 7.27. The zero-order valence-corrected chi connectivity index (χ0v) is 13.3. The molecule has 5 heteroatoms. The summed E-state index contributed by atoms with van der Waals surface area (Å²) in [5.74, 6) is 0.420. The van der Waals surface area contributed by atoms with Gasteiger partial charge in [0.25, 0.3) is 0 Å². The van der Waals surface area contributed by atoms with Crippen LogP contribution in [-0.2, 0) is 4.79 Å². The summed E-state index contributed by atoms with van der Waals surface area (Å²) in [4.78, 5) is 12.2. The van der Waals surface area contributed by atoms with Crippen LogP contribution in [0, 0.1) is 5.92 Å². The second kappa shape index (κ2) is 8.20. The third kappa shape index (κ3) is 4.61. The third-order valence-corrected chi connectivity index (χ3v) is 4.79. The summed E-state index contributed by atoms with van der Waals surface area (Å²) in [6, 6.07) is 0. The standard InChI is InChI=1S/C15H28N2O2.ClH/c1-15(9-5-6-10-17-15)14(19)16-11-13(18)12-7-3-2-4-8-12;/h12-13,17-18H,2-11H2,1H3,(H,16,19);1H. The first-order valence-electron chi connectivity index (χ1n) is 7.83. The number of aliphatic hydroxyl groups is 1. The summed E-state index contributed by atoms with van der Waals surface area (Å²) in [7, 11) is 0. The van der Waals surface area contributed by atoms with Gasteiger partial charge < -0.3 is 15.7 Å². The Hall–Kier alpha value is -0.320. The smallest absolute Gasteiger partial charge is 0.240 e. The molecule has 1 saturated heterocycles. The SMILES string of the molecule is CC1(C(=O)NCC(O)C2CCCCC2)CCCCN1.Cl. The van der Waals surface area contributed by atoms with E-state index in [2.05, 4.69) is 10.6 Å². The fourth-order valence-electron chi connectivity index (χ4n) is 3.33. The van der Waals surface area contributed by atoms with Gasteiger partial charge in [0, 0.05) is 6.54 Å². The molecule has 0 spiro atoms. The molecule has 2 unspecified atom stereocenters. The number of hydrogen-bond acceptors (Lipinski definition) is 3. The number of hydrogen-bond donors (Lipinski definition) is 3. The van der Waals surface area contributed by atoms with Crippen LogP contribution in [0.3, 0.4) is 0 Å². The first kappa shape index (κ1) is 17.7. The average molecular weight is 305 g/mol. The van der Waals surface area contributed by atoms with Crippen LogP contribution in [0.15, 0.2) is 0 Å². The van der Waals surface area contributed by atoms with E-state index < -0.39 is 5.54 Å². The fourth-order valence-corrected chi connectivity index (χ4v) is 3.33. The van der Waals surface area contributed by atoms with Crippen molar-refractivity contribution in [3.8, 4) is 0 Å². The summed E-state index contributed by atoms with van der Waals surface area (Å²) in [6.07, 6.45) is 8.69. The third-order valence-electron chi connectivity index (χ3n) is 4.79. The molecule has 118 valence electrons. The monoisotopic (exact) mass is 304 g/mol. The second-order valence-corrected chi connectivity index (χ2v) is 6.39. The van der Waals surface area contributed by atoms with E-state index in [4.69, 9.17) is 0 Å². The Balaban J connectivity index is 0.00000200. The Bertz CT molecular complexity index is 300. The molecule has 0 aromatic carbocycles. The molecule has 0 radical (unpaired) electrons. The first-order valence-corrected chi connectivity index (χ1v) is 7.83. The highest BCUT2D eigenvalue weighted by Crippen LogP contribution is 2.26. The van der Waals surface area contributed by atoms with Gasteiger partial charge in [-0.15, -0.1) is 12.4 Å². The minimum Gasteiger partial charge on any atom is -0.391 e. The molecule has 1 aliphatic heterocycles. The van der Waals surface area contributed by atoms with E-state index in [1.807, 2.05) is 6.92 Å². The molecule has 20 heavy (non-hydrogen) atoms. The lowest BCUT2D eigenvalue weighted by molar-refractivity contribution is -0.128. The topological polar surface area (TPSA) is 61.4 Å². The molecular formula is C15H29ClN2O2. The summed E-state index contributed by atoms with van der Waals surface area (Å²) >= 11 is 0. The van der Waals surface area contributed by atoms with Crippen LogP contribution in [0.5, 0.6) is 0 Å². The van der Waals surface area contributed by atoms with Gasteiger partial charge in [0.05, 0.1) is 11.6 Å². The van der Waals surface area contributed by atoms with Crippen molar-refractivity contribution in [2.24, 2.45) is 5.92 Å². The van der Waals surface area contributed by atoms with Crippen LogP contribution in [0.4, 0.5) is 0 Å². The van der Waals surface area contributed by atoms with Crippen LogP contribution in [0.1, 0.15) is 58.3 Å². The van der Waals surface area contributed by atoms with Crippen molar-refractivity contribution in [1.82, 2.24) is 10.6 Å². The Morgan fingerprint density at radius 3 is 2.60 bits per heavy atom. The van der Waals surface area contributed by atoms with Crippen molar-refractivity contribution in [3.63, 3.8) is 0 Å². The number of rotatable bonds is 4. The van der Waals surface area contributed by atoms with Crippen molar-refractivity contribution in [2.75, 3.05) is 13.1 Å². The molecule has 2 fully saturated rings. The summed E-state index contributed by atoms with van der Waals surface area (Å²) < 4.78 is 0. The normalized spacial score (nSPS) is 29.3. The molecule has 0 aromatic heterocycles. The quantitative estimate of drug-likeness (QED) is 0.744. The largest absolute Gasteiger partial charge is 0.391 e. The Morgan fingerprint density at radius 1 is 1.30 bits per heavy atom. The maximum absolute atomic E-state index is 12.2. The fraction of sp³-hybridized carbons (Fsp3) is 0.933. The van der Waals surface area contributed by atoms with Crippen LogP contribution in [-0.4, -0.2) is 35.7 Å². The zero-order valence-electron chi connectivity index (χ0n) is 12.5. The molecule has 1 saturated carbocycles. The van der Waals surface area contributed by atoms with Crippen molar-refractivity contribution >= 4 is 18.3 Å². The average Bonchev–Trinajstić information content (AvgIpc) is 2.46. The Labute approximate surface area is 128 Å². The Morgan fingerprint density at radius 2 is 2.00 bits per heavy atom.